The summed E-state index contributed by atoms with van der Waals surface area (Å²) in [7, 11) is 0. The summed E-state index contributed by atoms with van der Waals surface area (Å²) in [6.45, 7) is 9.66. The minimum absolute atomic E-state index is 0.0347. The number of hydrogen-bond acceptors (Lipinski definition) is 1. The van der Waals surface area contributed by atoms with E-state index < -0.39 is 0 Å². The fourth-order valence-electron chi connectivity index (χ4n) is 7.77. The summed E-state index contributed by atoms with van der Waals surface area (Å²) in [6.07, 6.45) is 12.0. The van der Waals surface area contributed by atoms with Crippen molar-refractivity contribution in [1.29, 1.82) is 0 Å². The molecule has 1 heteroatoms. The van der Waals surface area contributed by atoms with Crippen LogP contribution in [-0.2, 0) is 4.79 Å². The van der Waals surface area contributed by atoms with Crippen LogP contribution >= 0.6 is 0 Å². The second-order valence-corrected chi connectivity index (χ2v) is 10.2. The highest BCUT2D eigenvalue weighted by Crippen LogP contribution is 2.66. The average Bonchev–Trinajstić information content (AvgIpc) is 2.79. The first kappa shape index (κ1) is 16.2. The van der Waals surface area contributed by atoms with Crippen molar-refractivity contribution in [3.8, 4) is 0 Å². The van der Waals surface area contributed by atoms with Crippen LogP contribution in [0.15, 0.2) is 0 Å². The lowest BCUT2D eigenvalue weighted by atomic mass is 9.45. The van der Waals surface area contributed by atoms with Gasteiger partial charge in [0.25, 0.3) is 0 Å². The number of hydrogen-bond donors (Lipinski definition) is 0. The summed E-state index contributed by atoms with van der Waals surface area (Å²) in [4.78, 5) is 13.0. The molecule has 130 valence electrons. The quantitative estimate of drug-likeness (QED) is 0.591. The number of carbonyl (C=O) groups is 1. The largest absolute Gasteiger partial charge is 0.299 e. The van der Waals surface area contributed by atoms with E-state index in [4.69, 9.17) is 0 Å². The minimum Gasteiger partial charge on any atom is -0.299 e. The third-order valence-electron chi connectivity index (χ3n) is 9.28. The van der Waals surface area contributed by atoms with Crippen molar-refractivity contribution in [1.82, 2.24) is 0 Å². The molecule has 0 heterocycles. The molecule has 0 radical (unpaired) electrons. The van der Waals surface area contributed by atoms with Crippen molar-refractivity contribution in [3.63, 3.8) is 0 Å². The maximum Gasteiger partial charge on any atom is 0.142 e. The molecule has 4 rings (SSSR count). The maximum absolute atomic E-state index is 13.0. The molecule has 0 bridgehead atoms. The van der Waals surface area contributed by atoms with Gasteiger partial charge in [-0.1, -0.05) is 34.1 Å². The Hall–Kier alpha value is -0.330. The number of rotatable bonds is 1. The van der Waals surface area contributed by atoms with Gasteiger partial charge in [0.15, 0.2) is 0 Å². The first-order valence-electron chi connectivity index (χ1n) is 10.4. The zero-order chi connectivity index (χ0) is 16.4. The molecular weight excluding hydrogens is 280 g/mol. The fourth-order valence-corrected chi connectivity index (χ4v) is 7.77. The van der Waals surface area contributed by atoms with Gasteiger partial charge in [0.05, 0.1) is 0 Å². The smallest absolute Gasteiger partial charge is 0.142 e. The molecule has 0 aromatic carbocycles. The van der Waals surface area contributed by atoms with E-state index in [0.717, 1.165) is 30.1 Å². The van der Waals surface area contributed by atoms with Gasteiger partial charge in [0.2, 0.25) is 0 Å². The predicted octanol–water partition coefficient (Wildman–Crippen LogP) is 5.87. The zero-order valence-corrected chi connectivity index (χ0v) is 15.7. The van der Waals surface area contributed by atoms with Crippen molar-refractivity contribution in [2.24, 2.45) is 46.3 Å². The van der Waals surface area contributed by atoms with Gasteiger partial charge in [-0.3, -0.25) is 4.79 Å². The van der Waals surface area contributed by atoms with Crippen molar-refractivity contribution in [2.45, 2.75) is 85.5 Å². The molecular formula is C22H36O. The van der Waals surface area contributed by atoms with E-state index in [0.29, 0.717) is 23.0 Å². The monoisotopic (exact) mass is 316 g/mol. The molecule has 0 N–H and O–H groups in total. The third-order valence-corrected chi connectivity index (χ3v) is 9.28. The van der Waals surface area contributed by atoms with Gasteiger partial charge in [-0.05, 0) is 86.4 Å². The first-order valence-corrected chi connectivity index (χ1v) is 10.4. The lowest BCUT2D eigenvalue weighted by Crippen LogP contribution is -2.53. The van der Waals surface area contributed by atoms with E-state index in [9.17, 15) is 4.79 Å². The van der Waals surface area contributed by atoms with Crippen LogP contribution in [0.1, 0.15) is 85.5 Å². The van der Waals surface area contributed by atoms with E-state index in [1.165, 1.54) is 51.4 Å². The van der Waals surface area contributed by atoms with Crippen LogP contribution in [0.3, 0.4) is 0 Å². The second kappa shape index (κ2) is 5.33. The lowest BCUT2D eigenvalue weighted by molar-refractivity contribution is -0.141. The Morgan fingerprint density at radius 3 is 2.52 bits per heavy atom. The summed E-state index contributed by atoms with van der Waals surface area (Å²) in [6, 6.07) is 0. The van der Waals surface area contributed by atoms with Crippen LogP contribution in [0.25, 0.3) is 0 Å². The summed E-state index contributed by atoms with van der Waals surface area (Å²) < 4.78 is 0. The Morgan fingerprint density at radius 1 is 1.00 bits per heavy atom. The van der Waals surface area contributed by atoms with Crippen LogP contribution in [0.4, 0.5) is 0 Å². The molecule has 0 spiro atoms. The maximum atomic E-state index is 13.0. The molecule has 4 aliphatic carbocycles. The van der Waals surface area contributed by atoms with Crippen molar-refractivity contribution < 1.29 is 4.79 Å². The van der Waals surface area contributed by atoms with Crippen LogP contribution in [0.5, 0.6) is 0 Å². The van der Waals surface area contributed by atoms with Crippen LogP contribution in [-0.4, -0.2) is 5.78 Å². The van der Waals surface area contributed by atoms with Gasteiger partial charge in [0.1, 0.15) is 5.78 Å². The second-order valence-electron chi connectivity index (χ2n) is 10.2. The van der Waals surface area contributed by atoms with Crippen LogP contribution < -0.4 is 0 Å². The van der Waals surface area contributed by atoms with Gasteiger partial charge >= 0.3 is 0 Å². The summed E-state index contributed by atoms with van der Waals surface area (Å²) in [5.41, 5.74) is 0.622. The number of carbonyl (C=O) groups excluding carboxylic acids is 1. The third kappa shape index (κ3) is 2.13. The van der Waals surface area contributed by atoms with Gasteiger partial charge < -0.3 is 0 Å². The van der Waals surface area contributed by atoms with Crippen molar-refractivity contribution in [2.75, 3.05) is 0 Å². The fraction of sp³-hybridized carbons (Fsp3) is 0.955. The topological polar surface area (TPSA) is 17.1 Å². The van der Waals surface area contributed by atoms with Crippen molar-refractivity contribution in [3.05, 3.63) is 0 Å². The highest BCUT2D eigenvalue weighted by Gasteiger charge is 2.61. The Labute approximate surface area is 143 Å². The molecule has 0 amide bonds. The van der Waals surface area contributed by atoms with E-state index >= 15 is 0 Å². The Balaban J connectivity index is 1.63. The number of ketones is 1. The van der Waals surface area contributed by atoms with Gasteiger partial charge in [-0.15, -0.1) is 0 Å². The Morgan fingerprint density at radius 2 is 1.78 bits per heavy atom. The van der Waals surface area contributed by atoms with Crippen LogP contribution in [0.2, 0.25) is 0 Å². The van der Waals surface area contributed by atoms with Gasteiger partial charge in [-0.25, -0.2) is 0 Å². The summed E-state index contributed by atoms with van der Waals surface area (Å²) in [5.74, 6) is 5.38. The first-order chi connectivity index (χ1) is 10.9. The molecule has 0 saturated heterocycles. The highest BCUT2D eigenvalue weighted by molar-refractivity contribution is 5.89. The Kier molecular flexibility index (Phi) is 3.75. The number of Topliss-reactive ketones (excluding diaryl/α,β-unsaturated/α-hetero) is 1. The van der Waals surface area contributed by atoms with E-state index in [1.54, 1.807) is 0 Å². The molecule has 0 aliphatic heterocycles. The molecule has 8 atom stereocenters. The SMILES string of the molecule is CC[C@@H]1C[C@H]2[C@@H]3CC[C@H]4C[C@@H](C)CC[C@]4(C)[C@H]3CC[C@]2(C)C1=O. The standard InChI is InChI=1S/C22H36O/c1-5-15-13-19-17-7-6-16-12-14(2)8-10-21(16,3)18(17)9-11-22(19,4)20(15)23/h14-19H,5-13H2,1-4H3/t14-,15+,16-,17+,18-,19-,21-,22-/m0/s1. The van der Waals surface area contributed by atoms with E-state index in [1.807, 2.05) is 0 Å². The molecule has 4 saturated carbocycles. The normalized spacial score (nSPS) is 55.9. The molecule has 4 aliphatic rings. The molecule has 0 unspecified atom stereocenters. The van der Waals surface area contributed by atoms with Crippen LogP contribution in [0, 0.1) is 46.3 Å². The molecule has 1 nitrogen and oxygen atoms in total. The highest BCUT2D eigenvalue weighted by atomic mass is 16.1. The Bertz CT molecular complexity index is 496. The van der Waals surface area contributed by atoms with E-state index in [-0.39, 0.29) is 5.41 Å². The summed E-state index contributed by atoms with van der Waals surface area (Å²) >= 11 is 0. The molecule has 23 heavy (non-hydrogen) atoms. The molecule has 4 fully saturated rings. The number of fused-ring (bicyclic) bond motifs is 5. The summed E-state index contributed by atoms with van der Waals surface area (Å²) in [5, 5.41) is 0. The predicted molar refractivity (Wildman–Crippen MR) is 95.1 cm³/mol. The minimum atomic E-state index is 0.0347. The van der Waals surface area contributed by atoms with Gasteiger partial charge in [0, 0.05) is 11.3 Å². The molecule has 0 aromatic heterocycles. The van der Waals surface area contributed by atoms with Crippen molar-refractivity contribution >= 4 is 5.78 Å². The lowest BCUT2D eigenvalue weighted by Gasteiger charge is -2.60. The van der Waals surface area contributed by atoms with Gasteiger partial charge in [-0.2, -0.15) is 0 Å². The average molecular weight is 317 g/mol. The molecule has 0 aromatic rings. The van der Waals surface area contributed by atoms with E-state index in [2.05, 4.69) is 27.7 Å². The zero-order valence-electron chi connectivity index (χ0n) is 15.7.